The van der Waals surface area contributed by atoms with Gasteiger partial charge in [-0.25, -0.2) is 4.98 Å². The van der Waals surface area contributed by atoms with Crippen molar-refractivity contribution in [3.8, 4) is 0 Å². The molecule has 2 aromatic heterocycles. The first kappa shape index (κ1) is 20.3. The van der Waals surface area contributed by atoms with Crippen LogP contribution in [0.15, 0.2) is 74.9 Å². The van der Waals surface area contributed by atoms with E-state index in [0.29, 0.717) is 11.3 Å². The van der Waals surface area contributed by atoms with E-state index in [1.807, 2.05) is 6.07 Å². The van der Waals surface area contributed by atoms with Gasteiger partial charge in [0.05, 0.1) is 28.3 Å². The Labute approximate surface area is 180 Å². The average Bonchev–Trinajstić information content (AvgIpc) is 3.37. The van der Waals surface area contributed by atoms with Gasteiger partial charge in [-0.15, -0.1) is 0 Å². The Bertz CT molecular complexity index is 1240. The summed E-state index contributed by atoms with van der Waals surface area (Å²) >= 11 is 4.56. The summed E-state index contributed by atoms with van der Waals surface area (Å²) in [4.78, 5) is 17.5. The zero-order chi connectivity index (χ0) is 21.3. The van der Waals surface area contributed by atoms with Crippen molar-refractivity contribution in [1.82, 2.24) is 4.98 Å². The Kier molecular flexibility index (Phi) is 5.44. The Morgan fingerprint density at radius 2 is 2.00 bits per heavy atom. The number of hydrogen-bond donors (Lipinski definition) is 0. The molecule has 4 aromatic rings. The molecule has 0 aliphatic carbocycles. The molecule has 0 unspecified atom stereocenters. The lowest BCUT2D eigenvalue weighted by Crippen LogP contribution is -2.26. The molecular weight excluding hydrogens is 483 g/mol. The van der Waals surface area contributed by atoms with E-state index in [1.54, 1.807) is 24.3 Å². The van der Waals surface area contributed by atoms with Crippen LogP contribution in [0.4, 0.5) is 18.3 Å². The van der Waals surface area contributed by atoms with Gasteiger partial charge in [0.25, 0.3) is 5.91 Å². The fraction of sp³-hybridized carbons (Fsp3) is 0.0500. The van der Waals surface area contributed by atoms with Gasteiger partial charge in [0.1, 0.15) is 5.76 Å². The molecule has 0 fully saturated rings. The van der Waals surface area contributed by atoms with Crippen LogP contribution < -0.4 is 5.01 Å². The molecule has 30 heavy (non-hydrogen) atoms. The summed E-state index contributed by atoms with van der Waals surface area (Å²) in [5.74, 6) is -0.372. The maximum atomic E-state index is 13.1. The van der Waals surface area contributed by atoms with Gasteiger partial charge in [-0.1, -0.05) is 33.3 Å². The van der Waals surface area contributed by atoms with E-state index in [1.165, 1.54) is 35.9 Å². The second-order valence-electron chi connectivity index (χ2n) is 6.06. The molecule has 0 aliphatic rings. The van der Waals surface area contributed by atoms with Crippen molar-refractivity contribution >= 4 is 54.7 Å². The maximum Gasteiger partial charge on any atom is 0.416 e. The number of carbonyl (C=O) groups is 1. The number of benzene rings is 2. The fourth-order valence-electron chi connectivity index (χ4n) is 2.60. The second-order valence-corrected chi connectivity index (χ2v) is 7.99. The van der Waals surface area contributed by atoms with E-state index < -0.39 is 17.6 Å². The number of furan rings is 1. The van der Waals surface area contributed by atoms with Gasteiger partial charge in [-0.05, 0) is 48.5 Å². The van der Waals surface area contributed by atoms with Gasteiger partial charge in [0, 0.05) is 10.0 Å². The number of amides is 1. The molecular formula is C20H11BrF3N3O2S. The van der Waals surface area contributed by atoms with Crippen LogP contribution in [-0.2, 0) is 6.18 Å². The summed E-state index contributed by atoms with van der Waals surface area (Å²) in [6, 6.07) is 12.9. The number of rotatable bonds is 4. The summed E-state index contributed by atoms with van der Waals surface area (Å²) < 4.78 is 46.1. The van der Waals surface area contributed by atoms with Crippen molar-refractivity contribution in [2.45, 2.75) is 6.18 Å². The number of carbonyl (C=O) groups excluding carboxylic acids is 1. The summed E-state index contributed by atoms with van der Waals surface area (Å²) in [7, 11) is 0. The summed E-state index contributed by atoms with van der Waals surface area (Å²) in [5.41, 5.74) is -0.452. The lowest BCUT2D eigenvalue weighted by atomic mass is 10.1. The molecule has 0 saturated heterocycles. The highest BCUT2D eigenvalue weighted by molar-refractivity contribution is 9.10. The van der Waals surface area contributed by atoms with Gasteiger partial charge in [0.2, 0.25) is 5.13 Å². The molecule has 1 amide bonds. The molecule has 0 bridgehead atoms. The van der Waals surface area contributed by atoms with Crippen molar-refractivity contribution in [2.24, 2.45) is 5.10 Å². The Hall–Kier alpha value is -2.98. The fourth-order valence-corrected chi connectivity index (χ4v) is 4.07. The van der Waals surface area contributed by atoms with Crippen LogP contribution in [0, 0.1) is 0 Å². The van der Waals surface area contributed by atoms with Crippen molar-refractivity contribution in [3.05, 3.63) is 82.2 Å². The first-order chi connectivity index (χ1) is 14.3. The molecule has 5 nitrogen and oxygen atoms in total. The number of nitrogens with zero attached hydrogens (tertiary/aromatic N) is 3. The van der Waals surface area contributed by atoms with Crippen LogP contribution in [0.1, 0.15) is 21.7 Å². The number of alkyl halides is 3. The number of thiazole rings is 1. The van der Waals surface area contributed by atoms with Crippen molar-refractivity contribution in [2.75, 3.05) is 5.01 Å². The molecule has 10 heteroatoms. The number of anilines is 1. The third kappa shape index (κ3) is 4.29. The lowest BCUT2D eigenvalue weighted by molar-refractivity contribution is -0.137. The second kappa shape index (κ2) is 8.04. The van der Waals surface area contributed by atoms with Crippen molar-refractivity contribution < 1.29 is 22.4 Å². The molecule has 2 heterocycles. The number of hydrazone groups is 1. The van der Waals surface area contributed by atoms with Gasteiger partial charge < -0.3 is 4.42 Å². The first-order valence-corrected chi connectivity index (χ1v) is 10.1. The van der Waals surface area contributed by atoms with E-state index in [-0.39, 0.29) is 10.7 Å². The summed E-state index contributed by atoms with van der Waals surface area (Å²) in [5, 5.41) is 5.33. The van der Waals surface area contributed by atoms with Gasteiger partial charge >= 0.3 is 6.18 Å². The quantitative estimate of drug-likeness (QED) is 0.245. The third-order valence-corrected chi connectivity index (χ3v) is 5.48. The summed E-state index contributed by atoms with van der Waals surface area (Å²) in [6.45, 7) is 0. The third-order valence-electron chi connectivity index (χ3n) is 3.99. The van der Waals surface area contributed by atoms with Crippen LogP contribution in [0.25, 0.3) is 10.2 Å². The Morgan fingerprint density at radius 1 is 1.17 bits per heavy atom. The molecule has 0 radical (unpaired) electrons. The van der Waals surface area contributed by atoms with Gasteiger partial charge in [0.15, 0.2) is 0 Å². The van der Waals surface area contributed by atoms with E-state index in [2.05, 4.69) is 26.0 Å². The van der Waals surface area contributed by atoms with Crippen molar-refractivity contribution in [1.29, 1.82) is 0 Å². The summed E-state index contributed by atoms with van der Waals surface area (Å²) in [6.07, 6.45) is -1.83. The average molecular weight is 494 g/mol. The topological polar surface area (TPSA) is 58.7 Å². The van der Waals surface area contributed by atoms with E-state index >= 15 is 0 Å². The first-order valence-electron chi connectivity index (χ1n) is 8.46. The van der Waals surface area contributed by atoms with Gasteiger partial charge in [-0.2, -0.15) is 23.3 Å². The van der Waals surface area contributed by atoms with Gasteiger partial charge in [-0.3, -0.25) is 4.79 Å². The Morgan fingerprint density at radius 3 is 2.73 bits per heavy atom. The number of fused-ring (bicyclic) bond motifs is 1. The molecule has 0 saturated carbocycles. The minimum absolute atomic E-state index is 0.165. The maximum absolute atomic E-state index is 13.1. The van der Waals surface area contributed by atoms with Crippen LogP contribution in [0.5, 0.6) is 0 Å². The molecule has 0 atom stereocenters. The number of hydrogen-bond acceptors (Lipinski definition) is 5. The minimum atomic E-state index is -4.57. The highest BCUT2D eigenvalue weighted by atomic mass is 79.9. The largest absolute Gasteiger partial charge is 0.463 e. The minimum Gasteiger partial charge on any atom is -0.463 e. The molecule has 4 rings (SSSR count). The Balaban J connectivity index is 1.77. The van der Waals surface area contributed by atoms with Crippen LogP contribution in [0.3, 0.4) is 0 Å². The van der Waals surface area contributed by atoms with E-state index in [4.69, 9.17) is 4.42 Å². The number of halogens is 4. The number of aromatic nitrogens is 1. The standard InChI is InChI=1S/C20H11BrF3N3O2S/c21-14-6-7-16-17(10-14)30-19(26-16)27(25-11-15-5-2-8-29-15)18(28)12-3-1-4-13(9-12)20(22,23)24/h1-11H/b25-11+. The highest BCUT2D eigenvalue weighted by Gasteiger charge is 2.32. The zero-order valence-corrected chi connectivity index (χ0v) is 17.3. The predicted octanol–water partition coefficient (Wildman–Crippen LogP) is 6.35. The van der Waals surface area contributed by atoms with Crippen LogP contribution in [-0.4, -0.2) is 17.1 Å². The molecule has 0 spiro atoms. The normalized spacial score (nSPS) is 12.0. The smallest absolute Gasteiger partial charge is 0.416 e. The van der Waals surface area contributed by atoms with Crippen molar-refractivity contribution in [3.63, 3.8) is 0 Å². The van der Waals surface area contributed by atoms with E-state index in [9.17, 15) is 18.0 Å². The van der Waals surface area contributed by atoms with Crippen LogP contribution >= 0.6 is 27.3 Å². The monoisotopic (exact) mass is 493 g/mol. The molecule has 0 aliphatic heterocycles. The highest BCUT2D eigenvalue weighted by Crippen LogP contribution is 2.33. The molecule has 0 N–H and O–H groups in total. The lowest BCUT2D eigenvalue weighted by Gasteiger charge is -2.15. The zero-order valence-electron chi connectivity index (χ0n) is 14.9. The van der Waals surface area contributed by atoms with Crippen LogP contribution in [0.2, 0.25) is 0 Å². The SMILES string of the molecule is O=C(c1cccc(C(F)(F)F)c1)N(/N=C/c1ccco1)c1nc2ccc(Br)cc2s1. The predicted molar refractivity (Wildman–Crippen MR) is 112 cm³/mol. The van der Waals surface area contributed by atoms with E-state index in [0.717, 1.165) is 26.3 Å². The molecule has 152 valence electrons. The molecule has 2 aromatic carbocycles.